The van der Waals surface area contributed by atoms with Gasteiger partial charge < -0.3 is 4.42 Å². The highest BCUT2D eigenvalue weighted by Crippen LogP contribution is 2.28. The molecule has 0 saturated carbocycles. The molecule has 0 bridgehead atoms. The Balaban J connectivity index is 1.86. The minimum Gasteiger partial charge on any atom is -0.416 e. The zero-order valence-electron chi connectivity index (χ0n) is 14.6. The molecule has 0 spiro atoms. The number of hydrogen-bond donors (Lipinski definition) is 0. The van der Waals surface area contributed by atoms with Gasteiger partial charge in [-0.25, -0.2) is 0 Å². The Morgan fingerprint density at radius 2 is 1.29 bits per heavy atom. The molecule has 122 valence electrons. The molecule has 3 nitrogen and oxygen atoms in total. The highest BCUT2D eigenvalue weighted by molar-refractivity contribution is 5.65. The largest absolute Gasteiger partial charge is 0.416 e. The average Bonchev–Trinajstić information content (AvgIpc) is 3.04. The van der Waals surface area contributed by atoms with Crippen LogP contribution in [-0.4, -0.2) is 10.2 Å². The molecule has 0 atom stereocenters. The minimum atomic E-state index is 0.129. The molecule has 0 aliphatic heterocycles. The molecule has 3 aromatic rings. The van der Waals surface area contributed by atoms with Crippen LogP contribution in [0.1, 0.15) is 38.8 Å². The third-order valence-electron chi connectivity index (χ3n) is 4.05. The van der Waals surface area contributed by atoms with E-state index in [1.54, 1.807) is 0 Å². The van der Waals surface area contributed by atoms with Gasteiger partial charge in [0.25, 0.3) is 0 Å². The molecular formula is C21H22N2O. The van der Waals surface area contributed by atoms with E-state index in [1.807, 2.05) is 43.3 Å². The highest BCUT2D eigenvalue weighted by atomic mass is 16.4. The van der Waals surface area contributed by atoms with Crippen LogP contribution in [0.3, 0.4) is 0 Å². The van der Waals surface area contributed by atoms with Crippen molar-refractivity contribution in [3.63, 3.8) is 0 Å². The molecule has 24 heavy (non-hydrogen) atoms. The summed E-state index contributed by atoms with van der Waals surface area (Å²) >= 11 is 0. The fourth-order valence-corrected chi connectivity index (χ4v) is 2.47. The van der Waals surface area contributed by atoms with Crippen molar-refractivity contribution in [3.05, 3.63) is 66.2 Å². The summed E-state index contributed by atoms with van der Waals surface area (Å²) in [6.07, 6.45) is 0. The molecular weight excluding hydrogens is 296 g/mol. The van der Waals surface area contributed by atoms with E-state index in [0.717, 1.165) is 22.3 Å². The molecule has 1 heterocycles. The Morgan fingerprint density at radius 3 is 1.71 bits per heavy atom. The molecule has 0 fully saturated rings. The van der Waals surface area contributed by atoms with Gasteiger partial charge in [-0.1, -0.05) is 57.2 Å². The highest BCUT2D eigenvalue weighted by Gasteiger charge is 2.15. The van der Waals surface area contributed by atoms with Crippen molar-refractivity contribution >= 4 is 5.57 Å². The van der Waals surface area contributed by atoms with Gasteiger partial charge >= 0.3 is 0 Å². The minimum absolute atomic E-state index is 0.129. The van der Waals surface area contributed by atoms with Crippen LogP contribution < -0.4 is 0 Å². The molecule has 0 radical (unpaired) electrons. The van der Waals surface area contributed by atoms with Gasteiger partial charge in [-0.3, -0.25) is 0 Å². The summed E-state index contributed by atoms with van der Waals surface area (Å²) in [5.74, 6) is 1.06. The van der Waals surface area contributed by atoms with E-state index in [-0.39, 0.29) is 5.41 Å². The van der Waals surface area contributed by atoms with E-state index in [9.17, 15) is 0 Å². The third-order valence-corrected chi connectivity index (χ3v) is 4.05. The van der Waals surface area contributed by atoms with Gasteiger partial charge in [0.05, 0.1) is 0 Å². The number of rotatable bonds is 3. The van der Waals surface area contributed by atoms with Gasteiger partial charge in [0, 0.05) is 11.1 Å². The monoisotopic (exact) mass is 318 g/mol. The SMILES string of the molecule is C=C(C)c1ccc(-c2nnc(-c3ccc(C(C)(C)C)cc3)o2)cc1. The zero-order chi connectivity index (χ0) is 17.3. The molecule has 0 N–H and O–H groups in total. The summed E-state index contributed by atoms with van der Waals surface area (Å²) in [6, 6.07) is 16.3. The quantitative estimate of drug-likeness (QED) is 0.618. The van der Waals surface area contributed by atoms with Crippen LogP contribution in [0, 0.1) is 0 Å². The van der Waals surface area contributed by atoms with Gasteiger partial charge in [0.2, 0.25) is 11.8 Å². The first-order chi connectivity index (χ1) is 11.3. The fourth-order valence-electron chi connectivity index (χ4n) is 2.47. The molecule has 3 rings (SSSR count). The first-order valence-corrected chi connectivity index (χ1v) is 8.05. The number of aromatic nitrogens is 2. The van der Waals surface area contributed by atoms with E-state index in [4.69, 9.17) is 4.42 Å². The fraction of sp³-hybridized carbons (Fsp3) is 0.238. The van der Waals surface area contributed by atoms with Crippen LogP contribution in [0.5, 0.6) is 0 Å². The first kappa shape index (κ1) is 16.2. The smallest absolute Gasteiger partial charge is 0.248 e. The van der Waals surface area contributed by atoms with Crippen molar-refractivity contribution in [3.8, 4) is 22.9 Å². The van der Waals surface area contributed by atoms with E-state index in [1.165, 1.54) is 5.56 Å². The van der Waals surface area contributed by atoms with E-state index in [0.29, 0.717) is 11.8 Å². The van der Waals surface area contributed by atoms with Gasteiger partial charge in [-0.15, -0.1) is 10.2 Å². The summed E-state index contributed by atoms with van der Waals surface area (Å²) < 4.78 is 5.84. The van der Waals surface area contributed by atoms with Crippen molar-refractivity contribution in [1.29, 1.82) is 0 Å². The second kappa shape index (κ2) is 6.08. The average molecular weight is 318 g/mol. The molecule has 0 aliphatic carbocycles. The third kappa shape index (κ3) is 3.30. The van der Waals surface area contributed by atoms with Crippen molar-refractivity contribution in [2.24, 2.45) is 0 Å². The van der Waals surface area contributed by atoms with E-state index < -0.39 is 0 Å². The second-order valence-electron chi connectivity index (χ2n) is 7.10. The van der Waals surface area contributed by atoms with Crippen LogP contribution in [0.4, 0.5) is 0 Å². The molecule has 0 saturated heterocycles. The topological polar surface area (TPSA) is 38.9 Å². The van der Waals surface area contributed by atoms with Crippen LogP contribution in [0.2, 0.25) is 0 Å². The van der Waals surface area contributed by atoms with Crippen molar-refractivity contribution < 1.29 is 4.42 Å². The maximum absolute atomic E-state index is 5.84. The van der Waals surface area contributed by atoms with Gasteiger partial charge in [-0.2, -0.15) is 0 Å². The Bertz CT molecular complexity index is 850. The number of hydrogen-bond acceptors (Lipinski definition) is 3. The molecule has 1 aromatic heterocycles. The molecule has 3 heteroatoms. The second-order valence-corrected chi connectivity index (χ2v) is 7.10. The Morgan fingerprint density at radius 1 is 0.833 bits per heavy atom. The van der Waals surface area contributed by atoms with E-state index >= 15 is 0 Å². The lowest BCUT2D eigenvalue weighted by molar-refractivity contribution is 0.582. The lowest BCUT2D eigenvalue weighted by Crippen LogP contribution is -2.10. The van der Waals surface area contributed by atoms with Crippen molar-refractivity contribution in [1.82, 2.24) is 10.2 Å². The van der Waals surface area contributed by atoms with Crippen molar-refractivity contribution in [2.45, 2.75) is 33.1 Å². The maximum Gasteiger partial charge on any atom is 0.248 e. The summed E-state index contributed by atoms with van der Waals surface area (Å²) in [6.45, 7) is 12.5. The normalized spacial score (nSPS) is 11.5. The molecule has 2 aromatic carbocycles. The lowest BCUT2D eigenvalue weighted by atomic mass is 9.87. The Kier molecular flexibility index (Phi) is 4.10. The van der Waals surface area contributed by atoms with Crippen LogP contribution >= 0.6 is 0 Å². The summed E-state index contributed by atoms with van der Waals surface area (Å²) in [7, 11) is 0. The predicted molar refractivity (Wildman–Crippen MR) is 98.6 cm³/mol. The molecule has 0 aliphatic rings. The van der Waals surface area contributed by atoms with Crippen LogP contribution in [0.25, 0.3) is 28.5 Å². The standard InChI is InChI=1S/C21H22N2O/c1-14(2)15-6-8-16(9-7-15)19-22-23-20(24-19)17-10-12-18(13-11-17)21(3,4)5/h6-13H,1H2,2-5H3. The summed E-state index contributed by atoms with van der Waals surface area (Å²) in [4.78, 5) is 0. The van der Waals surface area contributed by atoms with Crippen LogP contribution in [0.15, 0.2) is 59.5 Å². The molecule has 0 amide bonds. The number of nitrogens with zero attached hydrogens (tertiary/aromatic N) is 2. The van der Waals surface area contributed by atoms with Crippen molar-refractivity contribution in [2.75, 3.05) is 0 Å². The Labute approximate surface area is 143 Å². The summed E-state index contributed by atoms with van der Waals surface area (Å²) in [5.41, 5.74) is 5.39. The lowest BCUT2D eigenvalue weighted by Gasteiger charge is -2.18. The number of allylic oxidation sites excluding steroid dienone is 1. The van der Waals surface area contributed by atoms with Gasteiger partial charge in [0.15, 0.2) is 0 Å². The Hall–Kier alpha value is -2.68. The maximum atomic E-state index is 5.84. The zero-order valence-corrected chi connectivity index (χ0v) is 14.6. The summed E-state index contributed by atoms with van der Waals surface area (Å²) in [5, 5.41) is 8.35. The van der Waals surface area contributed by atoms with Gasteiger partial charge in [-0.05, 0) is 47.7 Å². The number of benzene rings is 2. The van der Waals surface area contributed by atoms with Crippen LogP contribution in [-0.2, 0) is 5.41 Å². The van der Waals surface area contributed by atoms with Gasteiger partial charge in [0.1, 0.15) is 0 Å². The molecule has 0 unspecified atom stereocenters. The predicted octanol–water partition coefficient (Wildman–Crippen LogP) is 5.73. The first-order valence-electron chi connectivity index (χ1n) is 8.05. The van der Waals surface area contributed by atoms with E-state index in [2.05, 4.69) is 49.7 Å².